The van der Waals surface area contributed by atoms with Crippen LogP contribution in [-0.2, 0) is 59.7 Å². The molecule has 0 saturated carbocycles. The van der Waals surface area contributed by atoms with Gasteiger partial charge in [0.25, 0.3) is 11.8 Å². The van der Waals surface area contributed by atoms with Crippen molar-refractivity contribution in [1.82, 2.24) is 0 Å². The number of amides is 2. The summed E-state index contributed by atoms with van der Waals surface area (Å²) in [6.45, 7) is 34.9. The topological polar surface area (TPSA) is 114 Å². The highest BCUT2D eigenvalue weighted by molar-refractivity contribution is 5.96. The molecule has 0 aliphatic carbocycles. The average molecular weight is 751 g/mol. The number of carbonyl (C=O) groups is 2. The Labute approximate surface area is 324 Å². The Bertz CT molecular complexity index is 1420. The van der Waals surface area contributed by atoms with Crippen LogP contribution in [0.25, 0.3) is 0 Å². The van der Waals surface area contributed by atoms with Crippen LogP contribution in [0.15, 0.2) is 61.1 Å². The molecule has 0 bridgehead atoms. The van der Waals surface area contributed by atoms with E-state index in [1.165, 1.54) is 0 Å². The largest absolute Gasteiger partial charge is 0.493 e. The highest BCUT2D eigenvalue weighted by Gasteiger charge is 2.29. The summed E-state index contributed by atoms with van der Waals surface area (Å²) < 4.78 is 35.1. The van der Waals surface area contributed by atoms with E-state index in [1.807, 2.05) is 24.3 Å². The van der Waals surface area contributed by atoms with E-state index in [0.717, 1.165) is 22.3 Å². The van der Waals surface area contributed by atoms with E-state index in [4.69, 9.17) is 28.4 Å². The fourth-order valence-corrected chi connectivity index (χ4v) is 5.45. The van der Waals surface area contributed by atoms with Crippen LogP contribution >= 0.6 is 0 Å². The van der Waals surface area contributed by atoms with Crippen molar-refractivity contribution in [2.75, 3.05) is 63.5 Å². The molecular weight excluding hydrogens is 684 g/mol. The molecule has 54 heavy (non-hydrogen) atoms. The van der Waals surface area contributed by atoms with Gasteiger partial charge < -0.3 is 39.1 Å². The van der Waals surface area contributed by atoms with Crippen LogP contribution in [0.2, 0.25) is 0 Å². The minimum atomic E-state index is -1.09. The number of hydrogen-bond acceptors (Lipinski definition) is 8. The fourth-order valence-electron chi connectivity index (χ4n) is 5.45. The van der Waals surface area contributed by atoms with Gasteiger partial charge in [0, 0.05) is 11.4 Å². The van der Waals surface area contributed by atoms with Crippen LogP contribution in [0.3, 0.4) is 0 Å². The molecular formula is C44H66N2O8. The summed E-state index contributed by atoms with van der Waals surface area (Å²) in [7, 11) is 0. The van der Waals surface area contributed by atoms with E-state index in [-0.39, 0.29) is 86.0 Å². The van der Waals surface area contributed by atoms with Crippen LogP contribution in [0.1, 0.15) is 105 Å². The summed E-state index contributed by atoms with van der Waals surface area (Å²) in [6.07, 6.45) is -2.18. The van der Waals surface area contributed by atoms with Gasteiger partial charge in [0.05, 0.1) is 39.6 Å². The monoisotopic (exact) mass is 750 g/mol. The van der Waals surface area contributed by atoms with E-state index in [2.05, 4.69) is 119 Å². The van der Waals surface area contributed by atoms with E-state index in [0.29, 0.717) is 11.4 Å². The van der Waals surface area contributed by atoms with Gasteiger partial charge in [-0.05, 0) is 68.2 Å². The van der Waals surface area contributed by atoms with Crippen molar-refractivity contribution < 1.29 is 38.0 Å². The van der Waals surface area contributed by atoms with Crippen LogP contribution in [0, 0.1) is 0 Å². The molecule has 2 aromatic rings. The predicted molar refractivity (Wildman–Crippen MR) is 216 cm³/mol. The maximum Gasteiger partial charge on any atom is 0.261 e. The molecule has 2 aromatic carbocycles. The van der Waals surface area contributed by atoms with Gasteiger partial charge in [-0.1, -0.05) is 108 Å². The molecule has 2 atom stereocenters. The molecule has 0 radical (unpaired) electrons. The Kier molecular flexibility index (Phi) is 15.5. The number of ether oxygens (including phenoxy) is 6. The van der Waals surface area contributed by atoms with Crippen molar-refractivity contribution in [3.63, 3.8) is 0 Å². The first-order chi connectivity index (χ1) is 25.0. The van der Waals surface area contributed by atoms with Crippen molar-refractivity contribution in [1.29, 1.82) is 0 Å². The highest BCUT2D eigenvalue weighted by atomic mass is 16.6. The van der Waals surface area contributed by atoms with Gasteiger partial charge in [0.2, 0.25) is 0 Å². The van der Waals surface area contributed by atoms with Crippen molar-refractivity contribution in [2.24, 2.45) is 0 Å². The van der Waals surface area contributed by atoms with Gasteiger partial charge in [-0.25, -0.2) is 0 Å². The van der Waals surface area contributed by atoms with E-state index >= 15 is 0 Å². The molecule has 10 heteroatoms. The first-order valence-corrected chi connectivity index (χ1v) is 18.9. The number of hydrogen-bond donors (Lipinski definition) is 2. The molecule has 1 aliphatic rings. The second kappa shape index (κ2) is 18.8. The molecule has 1 heterocycles. The standard InChI is InChI=1S/C44H66N2O8/c1-29-37(39(47)45-35-25-31(41(3,4)5)23-32(26-35)42(6,7)8)53-21-17-50-16-20-52-30(2)38(54-22-18-49-15-19-51-29)40(48)46-36-27-33(43(9,10)11)24-34(28-36)44(12,13)14/h23-28,37-38H,1-2,15-22H2,3-14H3,(H,45,47)(H,46,48)/t37-,38-/m1/s1. The van der Waals surface area contributed by atoms with Crippen molar-refractivity contribution in [3.05, 3.63) is 83.3 Å². The summed E-state index contributed by atoms with van der Waals surface area (Å²) in [4.78, 5) is 27.3. The lowest BCUT2D eigenvalue weighted by Gasteiger charge is -2.27. The molecule has 0 aromatic heterocycles. The molecule has 0 spiro atoms. The zero-order valence-corrected chi connectivity index (χ0v) is 35.0. The Morgan fingerprint density at radius 1 is 0.481 bits per heavy atom. The summed E-state index contributed by atoms with van der Waals surface area (Å²) >= 11 is 0. The third kappa shape index (κ3) is 13.9. The molecule has 2 N–H and O–H groups in total. The molecule has 0 unspecified atom stereocenters. The first kappa shape index (κ1) is 44.7. The quantitative estimate of drug-likeness (QED) is 0.321. The smallest absolute Gasteiger partial charge is 0.261 e. The minimum Gasteiger partial charge on any atom is -0.493 e. The van der Waals surface area contributed by atoms with Crippen LogP contribution in [-0.4, -0.2) is 76.9 Å². The Balaban J connectivity index is 1.68. The van der Waals surface area contributed by atoms with Gasteiger partial charge in [-0.2, -0.15) is 0 Å². The summed E-state index contributed by atoms with van der Waals surface area (Å²) in [5.74, 6) is -0.507. The fraction of sp³-hybridized carbons (Fsp3) is 0.591. The third-order valence-corrected chi connectivity index (χ3v) is 8.98. The molecule has 1 aliphatic heterocycles. The SMILES string of the molecule is C=C1OCCOCCO[C@@H](C(=O)Nc2cc(C(C)(C)C)cc(C(C)(C)C)c2)C(=C)OCCOCCO[C@H]1C(=O)Nc1cc(C(C)(C)C)cc(C(C)(C)C)c1. The van der Waals surface area contributed by atoms with Crippen molar-refractivity contribution >= 4 is 23.2 Å². The summed E-state index contributed by atoms with van der Waals surface area (Å²) in [6, 6.07) is 12.4. The zero-order chi connectivity index (χ0) is 40.5. The summed E-state index contributed by atoms with van der Waals surface area (Å²) in [5.41, 5.74) is 5.30. The van der Waals surface area contributed by atoms with Gasteiger partial charge in [0.15, 0.2) is 12.2 Å². The number of benzene rings is 2. The maximum absolute atomic E-state index is 13.7. The Hall–Kier alpha value is -3.70. The zero-order valence-electron chi connectivity index (χ0n) is 35.0. The van der Waals surface area contributed by atoms with E-state index < -0.39 is 24.0 Å². The van der Waals surface area contributed by atoms with E-state index in [1.54, 1.807) is 0 Å². The third-order valence-electron chi connectivity index (χ3n) is 8.98. The second-order valence-corrected chi connectivity index (χ2v) is 17.9. The molecule has 1 fully saturated rings. The number of rotatable bonds is 4. The molecule has 3 rings (SSSR count). The number of carbonyl (C=O) groups excluding carboxylic acids is 2. The Morgan fingerprint density at radius 3 is 1.04 bits per heavy atom. The molecule has 2 amide bonds. The van der Waals surface area contributed by atoms with Gasteiger partial charge in [0.1, 0.15) is 24.7 Å². The lowest BCUT2D eigenvalue weighted by Crippen LogP contribution is -2.35. The normalized spacial score (nSPS) is 19.5. The van der Waals surface area contributed by atoms with Crippen molar-refractivity contribution in [3.8, 4) is 0 Å². The Morgan fingerprint density at radius 2 is 0.759 bits per heavy atom. The maximum atomic E-state index is 13.7. The second-order valence-electron chi connectivity index (χ2n) is 17.9. The van der Waals surface area contributed by atoms with Crippen LogP contribution in [0.5, 0.6) is 0 Å². The molecule has 10 nitrogen and oxygen atoms in total. The van der Waals surface area contributed by atoms with Gasteiger partial charge in [-0.3, -0.25) is 9.59 Å². The minimum absolute atomic E-state index is 0.0888. The molecule has 300 valence electrons. The highest BCUT2D eigenvalue weighted by Crippen LogP contribution is 2.34. The lowest BCUT2D eigenvalue weighted by molar-refractivity contribution is -0.131. The lowest BCUT2D eigenvalue weighted by atomic mass is 9.80. The predicted octanol–water partition coefficient (Wildman–Crippen LogP) is 8.33. The molecule has 1 saturated heterocycles. The number of anilines is 2. The van der Waals surface area contributed by atoms with Gasteiger partial charge in [-0.15, -0.1) is 0 Å². The van der Waals surface area contributed by atoms with Crippen LogP contribution < -0.4 is 10.6 Å². The van der Waals surface area contributed by atoms with Crippen molar-refractivity contribution in [2.45, 2.75) is 117 Å². The van der Waals surface area contributed by atoms with Crippen LogP contribution in [0.4, 0.5) is 11.4 Å². The summed E-state index contributed by atoms with van der Waals surface area (Å²) in [5, 5.41) is 6.06. The number of nitrogens with one attached hydrogen (secondary N) is 2. The first-order valence-electron chi connectivity index (χ1n) is 18.9. The van der Waals surface area contributed by atoms with E-state index in [9.17, 15) is 9.59 Å². The van der Waals surface area contributed by atoms with Gasteiger partial charge >= 0.3 is 0 Å². The average Bonchev–Trinajstić information content (AvgIpc) is 3.04.